The molecule has 2 aromatic carbocycles. The number of aromatic hydroxyl groups is 1. The van der Waals surface area contributed by atoms with Gasteiger partial charge >= 0.3 is 0 Å². The second kappa shape index (κ2) is 7.30. The number of alkyl halides is 1. The monoisotopic (exact) mass is 325 g/mol. The molecule has 0 fully saturated rings. The van der Waals surface area contributed by atoms with E-state index in [4.69, 9.17) is 4.74 Å². The van der Waals surface area contributed by atoms with Crippen LogP contribution in [0.25, 0.3) is 10.9 Å². The van der Waals surface area contributed by atoms with E-state index in [-0.39, 0.29) is 6.61 Å². The number of aryl methyl sites for hydroxylation is 2. The van der Waals surface area contributed by atoms with Crippen LogP contribution in [0.1, 0.15) is 16.8 Å². The number of hydrogen-bond acceptors (Lipinski definition) is 3. The van der Waals surface area contributed by atoms with Gasteiger partial charge in [-0.25, -0.2) is 4.39 Å². The molecule has 4 heteroatoms. The van der Waals surface area contributed by atoms with Gasteiger partial charge in [0, 0.05) is 16.6 Å². The first-order chi connectivity index (χ1) is 11.7. The van der Waals surface area contributed by atoms with Gasteiger partial charge in [0.2, 0.25) is 0 Å². The lowest BCUT2D eigenvalue weighted by molar-refractivity contribution is 0.273. The third-order valence-electron chi connectivity index (χ3n) is 4.12. The Bertz CT molecular complexity index is 831. The molecule has 1 heterocycles. The van der Waals surface area contributed by atoms with E-state index in [1.807, 2.05) is 55.5 Å². The number of benzene rings is 2. The van der Waals surface area contributed by atoms with Crippen LogP contribution in [0.15, 0.2) is 48.5 Å². The zero-order valence-electron chi connectivity index (χ0n) is 13.6. The van der Waals surface area contributed by atoms with Gasteiger partial charge in [0.1, 0.15) is 24.8 Å². The Kier molecular flexibility index (Phi) is 4.94. The van der Waals surface area contributed by atoms with Gasteiger partial charge in [-0.2, -0.15) is 0 Å². The van der Waals surface area contributed by atoms with E-state index in [2.05, 4.69) is 4.98 Å². The van der Waals surface area contributed by atoms with Crippen LogP contribution in [0.3, 0.4) is 0 Å². The molecule has 124 valence electrons. The summed E-state index contributed by atoms with van der Waals surface area (Å²) in [6.45, 7) is 1.50. The summed E-state index contributed by atoms with van der Waals surface area (Å²) in [5.41, 5.74) is 3.70. The average molecular weight is 325 g/mol. The van der Waals surface area contributed by atoms with Crippen LogP contribution in [-0.2, 0) is 12.8 Å². The summed E-state index contributed by atoms with van der Waals surface area (Å²) in [4.78, 5) is 4.68. The fraction of sp³-hybridized carbons (Fsp3) is 0.250. The first-order valence-corrected chi connectivity index (χ1v) is 8.04. The van der Waals surface area contributed by atoms with Crippen molar-refractivity contribution >= 4 is 10.9 Å². The maximum Gasteiger partial charge on any atom is 0.129 e. The van der Waals surface area contributed by atoms with Crippen molar-refractivity contribution in [1.82, 2.24) is 4.98 Å². The van der Waals surface area contributed by atoms with E-state index < -0.39 is 6.67 Å². The quantitative estimate of drug-likeness (QED) is 0.731. The number of halogens is 1. The van der Waals surface area contributed by atoms with Crippen LogP contribution in [-0.4, -0.2) is 23.4 Å². The van der Waals surface area contributed by atoms with Gasteiger partial charge in [0.15, 0.2) is 0 Å². The minimum atomic E-state index is -0.488. The van der Waals surface area contributed by atoms with E-state index in [0.717, 1.165) is 40.6 Å². The van der Waals surface area contributed by atoms with Crippen molar-refractivity contribution in [2.75, 3.05) is 13.3 Å². The van der Waals surface area contributed by atoms with Gasteiger partial charge < -0.3 is 9.84 Å². The highest BCUT2D eigenvalue weighted by molar-refractivity contribution is 5.86. The molecule has 0 atom stereocenters. The fourth-order valence-electron chi connectivity index (χ4n) is 2.75. The van der Waals surface area contributed by atoms with Gasteiger partial charge in [0.05, 0.1) is 5.52 Å². The van der Waals surface area contributed by atoms with Crippen LogP contribution in [0.2, 0.25) is 0 Å². The summed E-state index contributed by atoms with van der Waals surface area (Å²) < 4.78 is 17.3. The molecule has 0 saturated carbocycles. The molecule has 0 aliphatic carbocycles. The average Bonchev–Trinajstić information content (AvgIpc) is 2.62. The molecular weight excluding hydrogens is 305 g/mol. The minimum absolute atomic E-state index is 0.0822. The molecular formula is C20H20FNO2. The number of ether oxygens (including phenoxy) is 1. The van der Waals surface area contributed by atoms with E-state index in [1.54, 1.807) is 0 Å². The Morgan fingerprint density at radius 3 is 2.54 bits per heavy atom. The summed E-state index contributed by atoms with van der Waals surface area (Å²) in [7, 11) is 0. The molecule has 0 bridgehead atoms. The number of nitrogens with zero attached hydrogens (tertiary/aromatic N) is 1. The second-order valence-corrected chi connectivity index (χ2v) is 5.73. The van der Waals surface area contributed by atoms with Crippen molar-refractivity contribution in [1.29, 1.82) is 0 Å². The molecule has 0 aliphatic rings. The topological polar surface area (TPSA) is 42.4 Å². The zero-order valence-corrected chi connectivity index (χ0v) is 13.6. The molecule has 0 aliphatic heterocycles. The molecule has 1 aromatic heterocycles. The Labute approximate surface area is 140 Å². The number of rotatable bonds is 6. The first-order valence-electron chi connectivity index (χ1n) is 8.04. The van der Waals surface area contributed by atoms with E-state index >= 15 is 0 Å². The highest BCUT2D eigenvalue weighted by atomic mass is 19.1. The van der Waals surface area contributed by atoms with Crippen LogP contribution < -0.4 is 4.74 Å². The van der Waals surface area contributed by atoms with Crippen molar-refractivity contribution < 1.29 is 14.2 Å². The summed E-state index contributed by atoms with van der Waals surface area (Å²) in [6.07, 6.45) is 1.56. The van der Waals surface area contributed by atoms with Gasteiger partial charge in [-0.05, 0) is 49.6 Å². The predicted molar refractivity (Wildman–Crippen MR) is 93.5 cm³/mol. The van der Waals surface area contributed by atoms with Crippen molar-refractivity contribution in [2.45, 2.75) is 19.8 Å². The van der Waals surface area contributed by atoms with Crippen LogP contribution >= 0.6 is 0 Å². The fourth-order valence-corrected chi connectivity index (χ4v) is 2.75. The van der Waals surface area contributed by atoms with Crippen molar-refractivity contribution in [2.24, 2.45) is 0 Å². The molecule has 3 rings (SSSR count). The van der Waals surface area contributed by atoms with E-state index in [9.17, 15) is 9.50 Å². The van der Waals surface area contributed by atoms with Crippen molar-refractivity contribution in [3.05, 3.63) is 65.4 Å². The van der Waals surface area contributed by atoms with Crippen LogP contribution in [0.5, 0.6) is 11.5 Å². The molecule has 3 aromatic rings. The summed E-state index contributed by atoms with van der Waals surface area (Å²) in [5.74, 6) is 0.986. The van der Waals surface area contributed by atoms with Crippen LogP contribution in [0, 0.1) is 6.92 Å². The molecule has 0 amide bonds. The SMILES string of the molecule is Cc1c(CCc2ccc(OCCF)cc2)nc2ccccc2c1O. The summed E-state index contributed by atoms with van der Waals surface area (Å²) in [5, 5.41) is 11.2. The van der Waals surface area contributed by atoms with Gasteiger partial charge in [0.25, 0.3) is 0 Å². The Hall–Kier alpha value is -2.62. The Morgan fingerprint density at radius 2 is 1.79 bits per heavy atom. The number of hydrogen-bond donors (Lipinski definition) is 1. The largest absolute Gasteiger partial charge is 0.507 e. The zero-order chi connectivity index (χ0) is 16.9. The lowest BCUT2D eigenvalue weighted by Crippen LogP contribution is -2.00. The van der Waals surface area contributed by atoms with Crippen molar-refractivity contribution in [3.63, 3.8) is 0 Å². The van der Waals surface area contributed by atoms with Gasteiger partial charge in [-0.1, -0.05) is 24.3 Å². The highest BCUT2D eigenvalue weighted by Gasteiger charge is 2.10. The highest BCUT2D eigenvalue weighted by Crippen LogP contribution is 2.29. The van der Waals surface area contributed by atoms with Gasteiger partial charge in [-0.3, -0.25) is 4.98 Å². The standard InChI is InChI=1S/C20H20FNO2/c1-14-18(22-19-5-3-2-4-17(19)20(14)23)11-8-15-6-9-16(10-7-15)24-13-12-21/h2-7,9-10H,8,11-13H2,1H3,(H,22,23). The van der Waals surface area contributed by atoms with Gasteiger partial charge in [-0.15, -0.1) is 0 Å². The first kappa shape index (κ1) is 16.2. The lowest BCUT2D eigenvalue weighted by atomic mass is 10.0. The summed E-state index contributed by atoms with van der Waals surface area (Å²) >= 11 is 0. The molecule has 0 radical (unpaired) electrons. The number of fused-ring (bicyclic) bond motifs is 1. The number of pyridine rings is 1. The number of aromatic nitrogens is 1. The predicted octanol–water partition coefficient (Wildman–Crippen LogP) is 4.38. The number of para-hydroxylation sites is 1. The molecule has 24 heavy (non-hydrogen) atoms. The van der Waals surface area contributed by atoms with Crippen LogP contribution in [0.4, 0.5) is 4.39 Å². The Balaban J connectivity index is 1.74. The van der Waals surface area contributed by atoms with E-state index in [1.165, 1.54) is 0 Å². The normalized spacial score (nSPS) is 10.9. The Morgan fingerprint density at radius 1 is 1.04 bits per heavy atom. The summed E-state index contributed by atoms with van der Waals surface area (Å²) in [6, 6.07) is 15.3. The third-order valence-corrected chi connectivity index (χ3v) is 4.12. The van der Waals surface area contributed by atoms with E-state index in [0.29, 0.717) is 11.5 Å². The third kappa shape index (κ3) is 3.48. The minimum Gasteiger partial charge on any atom is -0.507 e. The maximum atomic E-state index is 12.1. The van der Waals surface area contributed by atoms with Crippen molar-refractivity contribution in [3.8, 4) is 11.5 Å². The molecule has 0 unspecified atom stereocenters. The molecule has 0 saturated heterocycles. The lowest BCUT2D eigenvalue weighted by Gasteiger charge is -2.10. The molecule has 0 spiro atoms. The smallest absolute Gasteiger partial charge is 0.129 e. The molecule has 3 nitrogen and oxygen atoms in total. The second-order valence-electron chi connectivity index (χ2n) is 5.73. The molecule has 1 N–H and O–H groups in total. The maximum absolute atomic E-state index is 12.1.